The fraction of sp³-hybridized carbons (Fsp3) is 0.333. The molecule has 0 aliphatic heterocycles. The molecule has 1 aromatic rings. The van der Waals surface area contributed by atoms with Gasteiger partial charge in [0.1, 0.15) is 11.3 Å². The van der Waals surface area contributed by atoms with Crippen molar-refractivity contribution in [3.8, 4) is 0 Å². The van der Waals surface area contributed by atoms with E-state index in [1.165, 1.54) is 12.3 Å². The van der Waals surface area contributed by atoms with Gasteiger partial charge in [0, 0.05) is 11.8 Å². The minimum absolute atomic E-state index is 0.0742. The quantitative estimate of drug-likeness (QED) is 0.629. The van der Waals surface area contributed by atoms with Gasteiger partial charge in [-0.15, -0.1) is 0 Å². The molecule has 16 heavy (non-hydrogen) atoms. The van der Waals surface area contributed by atoms with Crippen LogP contribution in [0.1, 0.15) is 11.7 Å². The molecule has 0 saturated heterocycles. The normalized spacial score (nSPS) is 14.3. The molecule has 2 N–H and O–H groups in total. The third-order valence-electron chi connectivity index (χ3n) is 1.90. The molecule has 2 atom stereocenters. The zero-order valence-electron chi connectivity index (χ0n) is 8.22. The Morgan fingerprint density at radius 2 is 2.12 bits per heavy atom. The lowest BCUT2D eigenvalue weighted by Crippen LogP contribution is -2.29. The van der Waals surface area contributed by atoms with Crippen molar-refractivity contribution in [3.05, 3.63) is 28.0 Å². The molecule has 0 bridgehead atoms. The van der Waals surface area contributed by atoms with E-state index in [2.05, 4.69) is 9.72 Å². The average molecular weight is 266 g/mol. The van der Waals surface area contributed by atoms with E-state index >= 15 is 0 Å². The summed E-state index contributed by atoms with van der Waals surface area (Å²) in [6, 6.07) is 1.31. The molecular weight excluding hydrogens is 257 g/mol. The third-order valence-corrected chi connectivity index (χ3v) is 2.59. The van der Waals surface area contributed by atoms with Crippen LogP contribution in [-0.2, 0) is 9.53 Å². The molecule has 2 unspecified atom stereocenters. The van der Waals surface area contributed by atoms with Gasteiger partial charge in [-0.3, -0.25) is 0 Å². The summed E-state index contributed by atoms with van der Waals surface area (Å²) in [5.41, 5.74) is 0.173. The lowest BCUT2D eigenvalue weighted by atomic mass is 10.1. The fourth-order valence-electron chi connectivity index (χ4n) is 1.03. The molecular formula is C9H9Cl2NO4. The second-order valence-electron chi connectivity index (χ2n) is 2.95. The number of aliphatic hydroxyl groups excluding tert-OH is 2. The van der Waals surface area contributed by atoms with Crippen LogP contribution in [0.25, 0.3) is 0 Å². The van der Waals surface area contributed by atoms with Gasteiger partial charge in [0.05, 0.1) is 12.1 Å². The van der Waals surface area contributed by atoms with Crippen LogP contribution in [0.15, 0.2) is 12.3 Å². The van der Waals surface area contributed by atoms with Crippen LogP contribution in [0, 0.1) is 0 Å². The van der Waals surface area contributed by atoms with Crippen LogP contribution in [0.3, 0.4) is 0 Å². The number of aliphatic hydroxyl groups is 2. The van der Waals surface area contributed by atoms with Gasteiger partial charge >= 0.3 is 5.97 Å². The van der Waals surface area contributed by atoms with Crippen molar-refractivity contribution in [1.82, 2.24) is 4.98 Å². The first-order chi connectivity index (χ1) is 7.47. The lowest BCUT2D eigenvalue weighted by molar-refractivity contribution is -0.156. The van der Waals surface area contributed by atoms with Crippen LogP contribution < -0.4 is 0 Å². The first-order valence-electron chi connectivity index (χ1n) is 4.22. The van der Waals surface area contributed by atoms with E-state index in [0.29, 0.717) is 0 Å². The molecule has 1 rings (SSSR count). The second kappa shape index (κ2) is 5.45. The molecule has 0 saturated carbocycles. The Hall–Kier alpha value is -0.880. The van der Waals surface area contributed by atoms with E-state index in [1.54, 1.807) is 0 Å². The largest absolute Gasteiger partial charge is 0.467 e. The smallest absolute Gasteiger partial charge is 0.337 e. The van der Waals surface area contributed by atoms with Crippen molar-refractivity contribution in [2.24, 2.45) is 0 Å². The number of ether oxygens (including phenoxy) is 1. The number of pyridine rings is 1. The number of hydrogen-bond acceptors (Lipinski definition) is 5. The van der Waals surface area contributed by atoms with Gasteiger partial charge < -0.3 is 14.9 Å². The van der Waals surface area contributed by atoms with Crippen LogP contribution in [0.4, 0.5) is 0 Å². The van der Waals surface area contributed by atoms with Crippen LogP contribution >= 0.6 is 23.2 Å². The van der Waals surface area contributed by atoms with E-state index in [-0.39, 0.29) is 15.7 Å². The van der Waals surface area contributed by atoms with Crippen molar-refractivity contribution in [2.45, 2.75) is 12.2 Å². The highest BCUT2D eigenvalue weighted by atomic mass is 35.5. The van der Waals surface area contributed by atoms with Gasteiger partial charge in [-0.25, -0.2) is 9.78 Å². The predicted molar refractivity (Wildman–Crippen MR) is 57.2 cm³/mol. The maximum absolute atomic E-state index is 11.0. The highest BCUT2D eigenvalue weighted by Crippen LogP contribution is 2.24. The van der Waals surface area contributed by atoms with Crippen molar-refractivity contribution < 1.29 is 19.7 Å². The highest BCUT2D eigenvalue weighted by molar-refractivity contribution is 6.41. The van der Waals surface area contributed by atoms with Crippen LogP contribution in [0.2, 0.25) is 10.2 Å². The third kappa shape index (κ3) is 2.82. The van der Waals surface area contributed by atoms with E-state index in [4.69, 9.17) is 23.2 Å². The molecule has 0 amide bonds. The molecule has 0 aromatic carbocycles. The summed E-state index contributed by atoms with van der Waals surface area (Å²) < 4.78 is 4.28. The second-order valence-corrected chi connectivity index (χ2v) is 3.72. The van der Waals surface area contributed by atoms with Gasteiger partial charge in [0.15, 0.2) is 6.10 Å². The van der Waals surface area contributed by atoms with Crippen molar-refractivity contribution in [3.63, 3.8) is 0 Å². The number of halogens is 2. The number of nitrogens with zero attached hydrogens (tertiary/aromatic N) is 1. The highest BCUT2D eigenvalue weighted by Gasteiger charge is 2.27. The Kier molecular flexibility index (Phi) is 4.49. The van der Waals surface area contributed by atoms with E-state index in [0.717, 1.165) is 7.11 Å². The van der Waals surface area contributed by atoms with E-state index in [1.807, 2.05) is 0 Å². The standard InChI is InChI=1S/C9H9Cl2NO4/c1-16-9(15)7(14)6(13)4-2-5(10)8(11)12-3-4/h2-3,6-7,13-14H,1H3. The Bertz CT molecular complexity index is 399. The fourth-order valence-corrected chi connectivity index (χ4v) is 1.31. The summed E-state index contributed by atoms with van der Waals surface area (Å²) in [6.45, 7) is 0. The molecule has 0 aliphatic carbocycles. The number of methoxy groups -OCH3 is 1. The summed E-state index contributed by atoms with van der Waals surface area (Å²) in [5, 5.41) is 19.2. The molecule has 0 fully saturated rings. The molecule has 0 radical (unpaired) electrons. The molecule has 88 valence electrons. The van der Waals surface area contributed by atoms with Crippen LogP contribution in [-0.4, -0.2) is 34.4 Å². The van der Waals surface area contributed by atoms with Gasteiger partial charge in [0.2, 0.25) is 0 Å². The van der Waals surface area contributed by atoms with E-state index in [9.17, 15) is 15.0 Å². The van der Waals surface area contributed by atoms with Crippen molar-refractivity contribution in [2.75, 3.05) is 7.11 Å². The number of esters is 1. The first kappa shape index (κ1) is 13.2. The maximum atomic E-state index is 11.0. The minimum atomic E-state index is -1.69. The van der Waals surface area contributed by atoms with Gasteiger partial charge in [-0.2, -0.15) is 0 Å². The number of aromatic nitrogens is 1. The number of carbonyl (C=O) groups is 1. The molecule has 5 nitrogen and oxygen atoms in total. The first-order valence-corrected chi connectivity index (χ1v) is 4.98. The molecule has 7 heteroatoms. The summed E-state index contributed by atoms with van der Waals surface area (Å²) >= 11 is 11.2. The Morgan fingerprint density at radius 3 is 2.62 bits per heavy atom. The molecule has 1 aromatic heterocycles. The van der Waals surface area contributed by atoms with Gasteiger partial charge in [-0.05, 0) is 6.07 Å². The Labute approximate surface area is 102 Å². The number of carbonyl (C=O) groups excluding carboxylic acids is 1. The number of hydrogen-bond donors (Lipinski definition) is 2. The summed E-state index contributed by atoms with van der Waals surface area (Å²) in [5.74, 6) is -0.946. The van der Waals surface area contributed by atoms with E-state index < -0.39 is 18.2 Å². The zero-order valence-corrected chi connectivity index (χ0v) is 9.74. The lowest BCUT2D eigenvalue weighted by Gasteiger charge is -2.15. The maximum Gasteiger partial charge on any atom is 0.337 e. The predicted octanol–water partition coefficient (Wildman–Crippen LogP) is 0.956. The zero-order chi connectivity index (χ0) is 12.3. The number of rotatable bonds is 3. The summed E-state index contributed by atoms with van der Waals surface area (Å²) in [4.78, 5) is 14.6. The minimum Gasteiger partial charge on any atom is -0.467 e. The van der Waals surface area contributed by atoms with Crippen LogP contribution in [0.5, 0.6) is 0 Å². The molecule has 0 aliphatic rings. The summed E-state index contributed by atoms with van der Waals surface area (Å²) in [7, 11) is 1.10. The van der Waals surface area contributed by atoms with Crippen molar-refractivity contribution in [1.29, 1.82) is 0 Å². The van der Waals surface area contributed by atoms with Gasteiger partial charge in [0.25, 0.3) is 0 Å². The molecule has 1 heterocycles. The van der Waals surface area contributed by atoms with Gasteiger partial charge in [-0.1, -0.05) is 23.2 Å². The SMILES string of the molecule is COC(=O)C(O)C(O)c1cnc(Cl)c(Cl)c1. The Morgan fingerprint density at radius 1 is 1.50 bits per heavy atom. The monoisotopic (exact) mass is 265 g/mol. The molecule has 0 spiro atoms. The van der Waals surface area contributed by atoms with Crippen molar-refractivity contribution >= 4 is 29.2 Å². The Balaban J connectivity index is 2.91. The topological polar surface area (TPSA) is 79.7 Å². The summed E-state index contributed by atoms with van der Waals surface area (Å²) in [6.07, 6.45) is -1.94. The average Bonchev–Trinajstić information content (AvgIpc) is 2.29.